The SMILES string of the molecule is [C-]#[N+]c1ccc2c(-c3cc[c]([Ge]([CH3])([CH3])[CH3])cc3)ncnc2c1. The van der Waals surface area contributed by atoms with Crippen molar-refractivity contribution in [3.8, 4) is 11.3 Å². The second-order valence-electron chi connectivity index (χ2n) is 6.36. The molecule has 108 valence electrons. The van der Waals surface area contributed by atoms with E-state index in [1.807, 2.05) is 18.2 Å². The van der Waals surface area contributed by atoms with Gasteiger partial charge in [0.1, 0.15) is 0 Å². The van der Waals surface area contributed by atoms with Crippen LogP contribution in [0.4, 0.5) is 5.69 Å². The number of hydrogen-bond donors (Lipinski definition) is 0. The van der Waals surface area contributed by atoms with Crippen molar-refractivity contribution in [3.05, 3.63) is 60.2 Å². The predicted molar refractivity (Wildman–Crippen MR) is 94.2 cm³/mol. The van der Waals surface area contributed by atoms with Crippen LogP contribution in [0.1, 0.15) is 0 Å². The van der Waals surface area contributed by atoms with Gasteiger partial charge in [-0.2, -0.15) is 0 Å². The van der Waals surface area contributed by atoms with E-state index in [0.29, 0.717) is 5.69 Å². The van der Waals surface area contributed by atoms with Crippen LogP contribution in [0.2, 0.25) is 17.3 Å². The zero-order valence-corrected chi connectivity index (χ0v) is 15.1. The summed E-state index contributed by atoms with van der Waals surface area (Å²) in [5.74, 6) is 7.17. The molecule has 3 nitrogen and oxygen atoms in total. The molecule has 0 unspecified atom stereocenters. The molecule has 0 aliphatic carbocycles. The zero-order valence-electron chi connectivity index (χ0n) is 13.0. The second kappa shape index (κ2) is 5.54. The van der Waals surface area contributed by atoms with Crippen molar-refractivity contribution >= 4 is 34.3 Å². The van der Waals surface area contributed by atoms with Crippen molar-refractivity contribution in [3.63, 3.8) is 0 Å². The van der Waals surface area contributed by atoms with Gasteiger partial charge in [0, 0.05) is 0 Å². The number of benzene rings is 2. The van der Waals surface area contributed by atoms with E-state index in [1.165, 1.54) is 4.40 Å². The summed E-state index contributed by atoms with van der Waals surface area (Å²) in [5.41, 5.74) is 3.44. The third-order valence-corrected chi connectivity index (χ3v) is 8.11. The molecule has 0 amide bonds. The molecule has 0 spiro atoms. The summed E-state index contributed by atoms with van der Waals surface area (Å²) in [4.78, 5) is 12.2. The number of hydrogen-bond acceptors (Lipinski definition) is 2. The molecule has 3 aromatic rings. The molecule has 0 aliphatic rings. The van der Waals surface area contributed by atoms with Crippen LogP contribution in [0, 0.1) is 6.57 Å². The standard InChI is InChI=1S/C18H17GeN3/c1-19(2,3)14-7-5-13(6-8-14)18-16-10-9-15(20-4)11-17(16)21-12-22-18/h5-12H,1-3H3. The summed E-state index contributed by atoms with van der Waals surface area (Å²) in [7, 11) is 0. The number of nitrogens with zero attached hydrogens (tertiary/aromatic N) is 3. The van der Waals surface area contributed by atoms with Gasteiger partial charge in [-0.1, -0.05) is 0 Å². The Hall–Kier alpha value is -2.19. The second-order valence-corrected chi connectivity index (χ2v) is 17.0. The summed E-state index contributed by atoms with van der Waals surface area (Å²) >= 11 is -1.79. The molecular weight excluding hydrogens is 331 g/mol. The number of rotatable bonds is 2. The van der Waals surface area contributed by atoms with Crippen LogP contribution in [0.15, 0.2) is 48.8 Å². The Balaban J connectivity index is 2.12. The molecule has 4 heteroatoms. The van der Waals surface area contributed by atoms with Crippen LogP contribution in [-0.2, 0) is 0 Å². The van der Waals surface area contributed by atoms with Crippen LogP contribution in [0.25, 0.3) is 27.0 Å². The topological polar surface area (TPSA) is 30.1 Å². The average molecular weight is 348 g/mol. The van der Waals surface area contributed by atoms with E-state index < -0.39 is 13.3 Å². The predicted octanol–water partition coefficient (Wildman–Crippen LogP) is 4.39. The molecule has 1 heterocycles. The third-order valence-electron chi connectivity index (χ3n) is 3.77. The minimum absolute atomic E-state index is 0.605. The summed E-state index contributed by atoms with van der Waals surface area (Å²) in [5, 5.41) is 0.986. The van der Waals surface area contributed by atoms with Gasteiger partial charge in [-0.15, -0.1) is 0 Å². The van der Waals surface area contributed by atoms with Crippen LogP contribution >= 0.6 is 0 Å². The van der Waals surface area contributed by atoms with Gasteiger partial charge in [-0.05, 0) is 0 Å². The van der Waals surface area contributed by atoms with E-state index >= 15 is 0 Å². The quantitative estimate of drug-likeness (QED) is 0.508. The van der Waals surface area contributed by atoms with E-state index in [9.17, 15) is 0 Å². The maximum absolute atomic E-state index is 7.11. The Labute approximate surface area is 133 Å². The fourth-order valence-electron chi connectivity index (χ4n) is 2.47. The van der Waals surface area contributed by atoms with Crippen molar-refractivity contribution < 1.29 is 0 Å². The van der Waals surface area contributed by atoms with Gasteiger partial charge in [0.15, 0.2) is 0 Å². The molecule has 3 rings (SSSR count). The Morgan fingerprint density at radius 1 is 0.955 bits per heavy atom. The third kappa shape index (κ3) is 2.75. The molecule has 0 radical (unpaired) electrons. The van der Waals surface area contributed by atoms with E-state index in [-0.39, 0.29) is 0 Å². The molecular formula is C18H17GeN3. The van der Waals surface area contributed by atoms with E-state index in [0.717, 1.165) is 22.2 Å². The van der Waals surface area contributed by atoms with Gasteiger partial charge in [-0.3, -0.25) is 0 Å². The molecule has 0 saturated carbocycles. The Kier molecular flexibility index (Phi) is 3.71. The fraction of sp³-hybridized carbons (Fsp3) is 0.167. The van der Waals surface area contributed by atoms with Gasteiger partial charge >= 0.3 is 133 Å². The molecule has 2 aromatic carbocycles. The first kappa shape index (κ1) is 14.7. The monoisotopic (exact) mass is 349 g/mol. The van der Waals surface area contributed by atoms with Gasteiger partial charge < -0.3 is 0 Å². The summed E-state index contributed by atoms with van der Waals surface area (Å²) < 4.78 is 1.48. The molecule has 0 bridgehead atoms. The van der Waals surface area contributed by atoms with Crippen LogP contribution in [0.3, 0.4) is 0 Å². The zero-order chi connectivity index (χ0) is 15.7. The fourth-order valence-corrected chi connectivity index (χ4v) is 4.92. The Bertz CT molecular complexity index is 871. The molecule has 22 heavy (non-hydrogen) atoms. The van der Waals surface area contributed by atoms with Crippen molar-refractivity contribution in [1.29, 1.82) is 0 Å². The first-order valence-corrected chi connectivity index (χ1v) is 14.6. The molecule has 0 saturated heterocycles. The van der Waals surface area contributed by atoms with Crippen LogP contribution in [-0.4, -0.2) is 23.2 Å². The summed E-state index contributed by atoms with van der Waals surface area (Å²) in [6, 6.07) is 14.3. The maximum atomic E-state index is 7.11. The number of fused-ring (bicyclic) bond motifs is 1. The Morgan fingerprint density at radius 3 is 2.32 bits per heavy atom. The first-order valence-electron chi connectivity index (χ1n) is 7.22. The Morgan fingerprint density at radius 2 is 1.68 bits per heavy atom. The van der Waals surface area contributed by atoms with Gasteiger partial charge in [0.2, 0.25) is 0 Å². The van der Waals surface area contributed by atoms with Gasteiger partial charge in [-0.25, -0.2) is 0 Å². The van der Waals surface area contributed by atoms with Crippen LogP contribution < -0.4 is 4.40 Å². The molecule has 1 aromatic heterocycles. The first-order chi connectivity index (χ1) is 10.5. The molecule has 0 atom stereocenters. The number of aromatic nitrogens is 2. The molecule has 0 aliphatic heterocycles. The molecule has 0 N–H and O–H groups in total. The summed E-state index contributed by atoms with van der Waals surface area (Å²) in [6.07, 6.45) is 1.57. The summed E-state index contributed by atoms with van der Waals surface area (Å²) in [6.45, 7) is 7.11. The van der Waals surface area contributed by atoms with E-state index in [1.54, 1.807) is 6.33 Å². The van der Waals surface area contributed by atoms with E-state index in [2.05, 4.69) is 56.3 Å². The minimum atomic E-state index is -1.79. The molecule has 0 fully saturated rings. The van der Waals surface area contributed by atoms with Crippen molar-refractivity contribution in [1.82, 2.24) is 9.97 Å². The van der Waals surface area contributed by atoms with E-state index in [4.69, 9.17) is 6.57 Å². The van der Waals surface area contributed by atoms with Gasteiger partial charge in [0.25, 0.3) is 0 Å². The van der Waals surface area contributed by atoms with Crippen molar-refractivity contribution in [2.45, 2.75) is 17.3 Å². The van der Waals surface area contributed by atoms with Gasteiger partial charge in [0.05, 0.1) is 0 Å². The van der Waals surface area contributed by atoms with Crippen molar-refractivity contribution in [2.75, 3.05) is 0 Å². The normalized spacial score (nSPS) is 11.4. The van der Waals surface area contributed by atoms with Crippen LogP contribution in [0.5, 0.6) is 0 Å². The average Bonchev–Trinajstić information content (AvgIpc) is 2.53. The van der Waals surface area contributed by atoms with Crippen molar-refractivity contribution in [2.24, 2.45) is 0 Å².